The van der Waals surface area contributed by atoms with Crippen LogP contribution < -0.4 is 26.4 Å². The van der Waals surface area contributed by atoms with Crippen molar-refractivity contribution >= 4 is 31.3 Å². The fraction of sp³-hybridized carbons (Fsp3) is 0.590. The quantitative estimate of drug-likeness (QED) is 0.0427. The van der Waals surface area contributed by atoms with Crippen molar-refractivity contribution in [3.05, 3.63) is 58.1 Å². The number of aryl methyl sites for hydroxylation is 2. The number of carbonyl (C=O) groups is 4. The van der Waals surface area contributed by atoms with Crippen LogP contribution in [0.3, 0.4) is 0 Å². The summed E-state index contributed by atoms with van der Waals surface area (Å²) >= 11 is 0. The average Bonchev–Trinajstić information content (AvgIpc) is 3.08. The monoisotopic (exact) mass is 796 g/mol. The number of phenols is 1. The van der Waals surface area contributed by atoms with Crippen molar-refractivity contribution in [1.29, 1.82) is 0 Å². The van der Waals surface area contributed by atoms with E-state index >= 15 is 0 Å². The average molecular weight is 797 g/mol. The molecular weight excluding hydrogens is 731 g/mol. The van der Waals surface area contributed by atoms with Gasteiger partial charge in [-0.2, -0.15) is 0 Å². The van der Waals surface area contributed by atoms with Gasteiger partial charge in [-0.25, -0.2) is 10.2 Å². The van der Waals surface area contributed by atoms with E-state index in [2.05, 4.69) is 10.2 Å². The molecule has 312 valence electrons. The molecule has 0 spiro atoms. The van der Waals surface area contributed by atoms with E-state index in [0.717, 1.165) is 41.7 Å². The second-order valence-electron chi connectivity index (χ2n) is 13.2. The molecule has 55 heavy (non-hydrogen) atoms. The normalized spacial score (nSPS) is 12.9. The lowest BCUT2D eigenvalue weighted by Gasteiger charge is -2.29. The van der Waals surface area contributed by atoms with Gasteiger partial charge in [0.2, 0.25) is 7.44 Å². The van der Waals surface area contributed by atoms with Crippen LogP contribution in [0.15, 0.2) is 30.3 Å². The third-order valence-electron chi connectivity index (χ3n) is 7.94. The maximum absolute atomic E-state index is 14.6. The van der Waals surface area contributed by atoms with Crippen molar-refractivity contribution < 1.29 is 53.3 Å². The second kappa shape index (κ2) is 27.6. The smallest absolute Gasteiger partial charge is 0.323 e. The standard InChI is InChI=1S/C35H57N4O7P.2C2H4O2/c1-7-44-34(41)31(13-9-11-17-36)38-47(43,39-32(14-10-12-18-37)35(42)45-8-2)23-46-28-19-25(5)30(26(6)20-28)22-27-15-16-33(40)29(21-27)24(3)4;2*1-2(3)4/h15-16,19-21,24,31-32,40H,7-14,17-18,22-23,36-37H2,1-6H3,(H2,38,39,43);2*1H3,(H,3,4). The predicted molar refractivity (Wildman–Crippen MR) is 214 cm³/mol. The SMILES string of the molecule is CC(=O)O.CC(=O)O.CCOC(=O)C(CCCCN)NP(=O)(COc1cc(C)c(Cc2ccc(O)c(C(C)C)c2)c(C)c1)NC(CCCCN)C(=O)OCC. The number of carbonyl (C=O) groups excluding carboxylic acids is 2. The Balaban J connectivity index is 0.00000330. The minimum Gasteiger partial charge on any atom is -0.508 e. The molecule has 16 heteroatoms. The minimum absolute atomic E-state index is 0.167. The van der Waals surface area contributed by atoms with Gasteiger partial charge in [0.05, 0.1) is 13.2 Å². The van der Waals surface area contributed by atoms with E-state index in [1.165, 1.54) is 0 Å². The maximum Gasteiger partial charge on any atom is 0.323 e. The molecule has 0 radical (unpaired) electrons. The maximum atomic E-state index is 14.6. The van der Waals surface area contributed by atoms with Gasteiger partial charge in [0.25, 0.3) is 11.9 Å². The van der Waals surface area contributed by atoms with E-state index in [1.807, 2.05) is 52.0 Å². The number of esters is 2. The number of ether oxygens (including phenoxy) is 3. The van der Waals surface area contributed by atoms with Crippen molar-refractivity contribution in [1.82, 2.24) is 10.2 Å². The molecule has 2 aromatic rings. The first kappa shape index (κ1) is 51.0. The topological polar surface area (TPSA) is 250 Å². The molecule has 2 unspecified atom stereocenters. The first-order chi connectivity index (χ1) is 25.8. The van der Waals surface area contributed by atoms with Crippen LogP contribution in [0.25, 0.3) is 0 Å². The molecule has 2 aromatic carbocycles. The second-order valence-corrected chi connectivity index (χ2v) is 15.5. The van der Waals surface area contributed by atoms with Gasteiger partial charge in [0, 0.05) is 13.8 Å². The molecule has 0 saturated heterocycles. The van der Waals surface area contributed by atoms with Gasteiger partial charge in [-0.1, -0.05) is 38.8 Å². The van der Waals surface area contributed by atoms with E-state index in [-0.39, 0.29) is 25.5 Å². The zero-order valence-electron chi connectivity index (χ0n) is 33.8. The number of unbranched alkanes of at least 4 members (excludes halogenated alkanes) is 2. The minimum atomic E-state index is -3.78. The van der Waals surface area contributed by atoms with Crippen molar-refractivity contribution in [3.8, 4) is 11.5 Å². The Morgan fingerprint density at radius 2 is 1.22 bits per heavy atom. The Bertz CT molecular complexity index is 1460. The summed E-state index contributed by atoms with van der Waals surface area (Å²) in [5.41, 5.74) is 16.5. The number of aromatic hydroxyl groups is 1. The van der Waals surface area contributed by atoms with Crippen LogP contribution in [-0.2, 0) is 39.6 Å². The van der Waals surface area contributed by atoms with E-state index in [4.69, 9.17) is 45.5 Å². The molecule has 0 aromatic heterocycles. The van der Waals surface area contributed by atoms with Crippen LogP contribution in [0.4, 0.5) is 0 Å². The number of nitrogens with two attached hydrogens (primary N) is 2. The molecule has 0 aliphatic heterocycles. The van der Waals surface area contributed by atoms with E-state index in [1.54, 1.807) is 19.9 Å². The molecule has 0 bridgehead atoms. The van der Waals surface area contributed by atoms with Gasteiger partial charge in [-0.3, -0.25) is 23.7 Å². The molecule has 0 amide bonds. The fourth-order valence-corrected chi connectivity index (χ4v) is 7.45. The molecule has 9 N–H and O–H groups in total. The highest BCUT2D eigenvalue weighted by Crippen LogP contribution is 2.40. The molecular formula is C39H65N4O11P. The number of phenolic OH excluding ortho intramolecular Hbond substituents is 1. The highest BCUT2D eigenvalue weighted by atomic mass is 31.2. The summed E-state index contributed by atoms with van der Waals surface area (Å²) in [5, 5.41) is 31.1. The number of hydrogen-bond donors (Lipinski definition) is 7. The molecule has 2 atom stereocenters. The molecule has 15 nitrogen and oxygen atoms in total. The summed E-state index contributed by atoms with van der Waals surface area (Å²) < 4.78 is 31.4. The molecule has 0 fully saturated rings. The number of rotatable bonds is 22. The van der Waals surface area contributed by atoms with Crippen LogP contribution in [-0.4, -0.2) is 83.9 Å². The number of carboxylic acids is 2. The molecule has 0 aliphatic carbocycles. The lowest BCUT2D eigenvalue weighted by Crippen LogP contribution is -2.45. The summed E-state index contributed by atoms with van der Waals surface area (Å²) in [6, 6.07) is 7.69. The van der Waals surface area contributed by atoms with Crippen LogP contribution in [0.1, 0.15) is 114 Å². The first-order valence-corrected chi connectivity index (χ1v) is 20.5. The first-order valence-electron chi connectivity index (χ1n) is 18.7. The summed E-state index contributed by atoms with van der Waals surface area (Å²) in [4.78, 5) is 43.9. The van der Waals surface area contributed by atoms with E-state index in [9.17, 15) is 19.3 Å². The highest BCUT2D eigenvalue weighted by Gasteiger charge is 2.35. The third kappa shape index (κ3) is 21.6. The Hall–Kier alpha value is -4.01. The highest BCUT2D eigenvalue weighted by molar-refractivity contribution is 7.59. The Kier molecular flexibility index (Phi) is 25.5. The molecule has 0 saturated carbocycles. The number of benzene rings is 2. The molecule has 2 rings (SSSR count). The zero-order valence-corrected chi connectivity index (χ0v) is 34.7. The van der Waals surface area contributed by atoms with Crippen molar-refractivity contribution in [3.63, 3.8) is 0 Å². The Morgan fingerprint density at radius 1 is 0.782 bits per heavy atom. The summed E-state index contributed by atoms with van der Waals surface area (Å²) in [6.07, 6.45) is 3.64. The summed E-state index contributed by atoms with van der Waals surface area (Å²) in [6.45, 7) is 14.9. The number of carboxylic acid groups (broad SMARTS) is 2. The van der Waals surface area contributed by atoms with E-state index < -0.39 is 43.4 Å². The van der Waals surface area contributed by atoms with Gasteiger partial charge in [-0.15, -0.1) is 0 Å². The Morgan fingerprint density at radius 3 is 1.60 bits per heavy atom. The van der Waals surface area contributed by atoms with Crippen LogP contribution >= 0.6 is 7.44 Å². The van der Waals surface area contributed by atoms with Gasteiger partial charge < -0.3 is 41.0 Å². The van der Waals surface area contributed by atoms with Gasteiger partial charge >= 0.3 is 11.9 Å². The molecule has 0 heterocycles. The summed E-state index contributed by atoms with van der Waals surface area (Å²) in [5.74, 6) is -1.74. The van der Waals surface area contributed by atoms with Crippen LogP contribution in [0, 0.1) is 13.8 Å². The van der Waals surface area contributed by atoms with Crippen LogP contribution in [0.2, 0.25) is 0 Å². The molecule has 0 aliphatic rings. The van der Waals surface area contributed by atoms with Crippen LogP contribution in [0.5, 0.6) is 11.5 Å². The summed E-state index contributed by atoms with van der Waals surface area (Å²) in [7, 11) is -3.78. The lowest BCUT2D eigenvalue weighted by atomic mass is 9.93. The third-order valence-corrected chi connectivity index (χ3v) is 9.89. The van der Waals surface area contributed by atoms with E-state index in [0.29, 0.717) is 69.5 Å². The zero-order chi connectivity index (χ0) is 42.1. The van der Waals surface area contributed by atoms with Crippen molar-refractivity contribution in [2.75, 3.05) is 32.7 Å². The number of hydrogen-bond acceptors (Lipinski definition) is 11. The number of nitrogens with one attached hydrogen (secondary N) is 2. The lowest BCUT2D eigenvalue weighted by molar-refractivity contribution is -0.145. The van der Waals surface area contributed by atoms with Crippen molar-refractivity contribution in [2.45, 2.75) is 118 Å². The van der Waals surface area contributed by atoms with Gasteiger partial charge in [0.1, 0.15) is 23.6 Å². The fourth-order valence-electron chi connectivity index (χ4n) is 5.42. The van der Waals surface area contributed by atoms with Crippen molar-refractivity contribution in [2.24, 2.45) is 11.5 Å². The largest absolute Gasteiger partial charge is 0.508 e. The predicted octanol–water partition coefficient (Wildman–Crippen LogP) is 5.74. The number of aliphatic carboxylic acids is 2. The Labute approximate surface area is 326 Å². The van der Waals surface area contributed by atoms with Gasteiger partial charge in [0.15, 0.2) is 6.35 Å². The van der Waals surface area contributed by atoms with Gasteiger partial charge in [-0.05, 0) is 125 Å².